The smallest absolute Gasteiger partial charge is 0.136 e. The molecule has 0 bridgehead atoms. The number of hydrogen-bond donors (Lipinski definition) is 1. The molecular formula is C11H23NO. The number of Topliss-reactive ketones (excluding diaryl/α,β-unsaturated/α-hetero) is 1. The van der Waals surface area contributed by atoms with Crippen LogP contribution in [0.15, 0.2) is 0 Å². The van der Waals surface area contributed by atoms with Gasteiger partial charge >= 0.3 is 0 Å². The Kier molecular flexibility index (Phi) is 8.00. The van der Waals surface area contributed by atoms with Crippen molar-refractivity contribution in [2.75, 3.05) is 13.1 Å². The molecule has 1 atom stereocenters. The van der Waals surface area contributed by atoms with Gasteiger partial charge in [-0.15, -0.1) is 0 Å². The van der Waals surface area contributed by atoms with Crippen molar-refractivity contribution in [3.05, 3.63) is 0 Å². The zero-order chi connectivity index (χ0) is 10.1. The lowest BCUT2D eigenvalue weighted by Gasteiger charge is -2.13. The molecule has 0 spiro atoms. The van der Waals surface area contributed by atoms with Crippen molar-refractivity contribution < 1.29 is 4.79 Å². The van der Waals surface area contributed by atoms with Crippen molar-refractivity contribution in [2.45, 2.75) is 46.5 Å². The van der Waals surface area contributed by atoms with Crippen molar-refractivity contribution in [2.24, 2.45) is 5.92 Å². The van der Waals surface area contributed by atoms with E-state index in [2.05, 4.69) is 19.2 Å². The van der Waals surface area contributed by atoms with E-state index >= 15 is 0 Å². The maximum absolute atomic E-state index is 11.4. The molecule has 2 nitrogen and oxygen atoms in total. The van der Waals surface area contributed by atoms with Crippen LogP contribution in [0.25, 0.3) is 0 Å². The summed E-state index contributed by atoms with van der Waals surface area (Å²) in [5.41, 5.74) is 0. The molecular weight excluding hydrogens is 162 g/mol. The highest BCUT2D eigenvalue weighted by Gasteiger charge is 2.12. The van der Waals surface area contributed by atoms with Gasteiger partial charge in [-0.1, -0.05) is 27.2 Å². The number of hydrogen-bond acceptors (Lipinski definition) is 2. The van der Waals surface area contributed by atoms with Crippen molar-refractivity contribution in [3.8, 4) is 0 Å². The number of unbranched alkanes of at least 4 members (excludes halogenated alkanes) is 1. The molecule has 13 heavy (non-hydrogen) atoms. The van der Waals surface area contributed by atoms with Crippen LogP contribution in [0.4, 0.5) is 0 Å². The second-order valence-corrected chi connectivity index (χ2v) is 3.48. The second kappa shape index (κ2) is 8.24. The predicted octanol–water partition coefficient (Wildman–Crippen LogP) is 2.38. The van der Waals surface area contributed by atoms with Crippen LogP contribution in [0.3, 0.4) is 0 Å². The molecule has 2 heteroatoms. The van der Waals surface area contributed by atoms with Gasteiger partial charge in [0.25, 0.3) is 0 Å². The lowest BCUT2D eigenvalue weighted by Crippen LogP contribution is -2.28. The molecule has 0 heterocycles. The average molecular weight is 185 g/mol. The first-order valence-corrected chi connectivity index (χ1v) is 5.49. The van der Waals surface area contributed by atoms with Gasteiger partial charge in [-0.05, 0) is 19.4 Å². The van der Waals surface area contributed by atoms with Gasteiger partial charge in [0.15, 0.2) is 0 Å². The van der Waals surface area contributed by atoms with Gasteiger partial charge in [0, 0.05) is 18.9 Å². The van der Waals surface area contributed by atoms with Crippen LogP contribution in [-0.4, -0.2) is 18.9 Å². The predicted molar refractivity (Wildman–Crippen MR) is 56.9 cm³/mol. The zero-order valence-corrected chi connectivity index (χ0v) is 9.23. The second-order valence-electron chi connectivity index (χ2n) is 3.48. The largest absolute Gasteiger partial charge is 0.316 e. The van der Waals surface area contributed by atoms with Gasteiger partial charge in [-0.25, -0.2) is 0 Å². The third-order valence-corrected chi connectivity index (χ3v) is 2.39. The Balaban J connectivity index is 3.53. The van der Waals surface area contributed by atoms with E-state index in [0.29, 0.717) is 12.2 Å². The van der Waals surface area contributed by atoms with Crippen LogP contribution in [0.1, 0.15) is 46.5 Å². The Hall–Kier alpha value is -0.370. The fourth-order valence-electron chi connectivity index (χ4n) is 1.35. The van der Waals surface area contributed by atoms with Gasteiger partial charge in [-0.2, -0.15) is 0 Å². The molecule has 0 aromatic rings. The highest BCUT2D eigenvalue weighted by atomic mass is 16.1. The summed E-state index contributed by atoms with van der Waals surface area (Å²) in [7, 11) is 0. The molecule has 0 aliphatic heterocycles. The monoisotopic (exact) mass is 185 g/mol. The highest BCUT2D eigenvalue weighted by molar-refractivity contribution is 5.80. The van der Waals surface area contributed by atoms with Crippen LogP contribution in [0.2, 0.25) is 0 Å². The molecule has 0 radical (unpaired) electrons. The van der Waals surface area contributed by atoms with Crippen molar-refractivity contribution in [1.82, 2.24) is 5.32 Å². The van der Waals surface area contributed by atoms with Crippen molar-refractivity contribution >= 4 is 5.78 Å². The fraction of sp³-hybridized carbons (Fsp3) is 0.909. The first-order valence-electron chi connectivity index (χ1n) is 5.49. The summed E-state index contributed by atoms with van der Waals surface area (Å²) in [5.74, 6) is 0.633. The maximum atomic E-state index is 11.4. The summed E-state index contributed by atoms with van der Waals surface area (Å²) in [6.07, 6.45) is 4.06. The minimum Gasteiger partial charge on any atom is -0.316 e. The Morgan fingerprint density at radius 1 is 1.31 bits per heavy atom. The number of carbonyl (C=O) groups is 1. The zero-order valence-electron chi connectivity index (χ0n) is 9.23. The third kappa shape index (κ3) is 5.81. The summed E-state index contributed by atoms with van der Waals surface area (Å²) in [5, 5.41) is 3.33. The van der Waals surface area contributed by atoms with Gasteiger partial charge in [0.05, 0.1) is 0 Å². The Labute approximate surface area is 82.1 Å². The van der Waals surface area contributed by atoms with Crippen LogP contribution in [0.5, 0.6) is 0 Å². The van der Waals surface area contributed by atoms with Gasteiger partial charge in [-0.3, -0.25) is 4.79 Å². The van der Waals surface area contributed by atoms with E-state index in [-0.39, 0.29) is 5.92 Å². The van der Waals surface area contributed by atoms with E-state index in [1.165, 1.54) is 12.8 Å². The molecule has 0 aromatic heterocycles. The molecule has 0 fully saturated rings. The maximum Gasteiger partial charge on any atom is 0.136 e. The SMILES string of the molecule is CCCCNCC(CC)C(=O)CC. The molecule has 0 saturated carbocycles. The fourth-order valence-corrected chi connectivity index (χ4v) is 1.35. The third-order valence-electron chi connectivity index (χ3n) is 2.39. The first-order chi connectivity index (χ1) is 6.26. The molecule has 0 saturated heterocycles. The van der Waals surface area contributed by atoms with E-state index in [1.807, 2.05) is 6.92 Å². The summed E-state index contributed by atoms with van der Waals surface area (Å²) in [6, 6.07) is 0. The summed E-state index contributed by atoms with van der Waals surface area (Å²) < 4.78 is 0. The normalized spacial score (nSPS) is 12.8. The van der Waals surface area contributed by atoms with Crippen LogP contribution in [-0.2, 0) is 4.79 Å². The van der Waals surface area contributed by atoms with Gasteiger partial charge in [0.2, 0.25) is 0 Å². The van der Waals surface area contributed by atoms with E-state index in [9.17, 15) is 4.79 Å². The van der Waals surface area contributed by atoms with E-state index in [4.69, 9.17) is 0 Å². The van der Waals surface area contributed by atoms with Crippen molar-refractivity contribution in [1.29, 1.82) is 0 Å². The van der Waals surface area contributed by atoms with E-state index in [1.54, 1.807) is 0 Å². The van der Waals surface area contributed by atoms with Crippen LogP contribution in [0, 0.1) is 5.92 Å². The first kappa shape index (κ1) is 12.6. The van der Waals surface area contributed by atoms with E-state index in [0.717, 1.165) is 19.5 Å². The summed E-state index contributed by atoms with van der Waals surface area (Å²) in [4.78, 5) is 11.4. The molecule has 1 unspecified atom stereocenters. The Bertz CT molecular complexity index is 134. The molecule has 0 rings (SSSR count). The summed E-state index contributed by atoms with van der Waals surface area (Å²) in [6.45, 7) is 8.11. The average Bonchev–Trinajstić information content (AvgIpc) is 2.17. The topological polar surface area (TPSA) is 29.1 Å². The lowest BCUT2D eigenvalue weighted by molar-refractivity contribution is -0.122. The highest BCUT2D eigenvalue weighted by Crippen LogP contribution is 2.05. The quantitative estimate of drug-likeness (QED) is 0.588. The van der Waals surface area contributed by atoms with Crippen molar-refractivity contribution in [3.63, 3.8) is 0 Å². The Morgan fingerprint density at radius 3 is 2.46 bits per heavy atom. The minimum absolute atomic E-state index is 0.238. The molecule has 0 aromatic carbocycles. The van der Waals surface area contributed by atoms with Gasteiger partial charge < -0.3 is 5.32 Å². The van der Waals surface area contributed by atoms with E-state index < -0.39 is 0 Å². The molecule has 0 aliphatic carbocycles. The van der Waals surface area contributed by atoms with Crippen LogP contribution >= 0.6 is 0 Å². The molecule has 78 valence electrons. The minimum atomic E-state index is 0.238. The Morgan fingerprint density at radius 2 is 2.00 bits per heavy atom. The standard InChI is InChI=1S/C11H23NO/c1-4-7-8-12-9-10(5-2)11(13)6-3/h10,12H,4-9H2,1-3H3. The summed E-state index contributed by atoms with van der Waals surface area (Å²) >= 11 is 0. The lowest BCUT2D eigenvalue weighted by atomic mass is 9.99. The number of carbonyl (C=O) groups excluding carboxylic acids is 1. The number of ketones is 1. The molecule has 1 N–H and O–H groups in total. The van der Waals surface area contributed by atoms with Crippen LogP contribution < -0.4 is 5.32 Å². The molecule has 0 amide bonds. The number of nitrogens with one attached hydrogen (secondary N) is 1. The number of rotatable bonds is 8. The molecule has 0 aliphatic rings. The van der Waals surface area contributed by atoms with Gasteiger partial charge in [0.1, 0.15) is 5.78 Å².